The van der Waals surface area contributed by atoms with E-state index in [0.29, 0.717) is 6.54 Å². The highest BCUT2D eigenvalue weighted by molar-refractivity contribution is 5.85. The Hall–Kier alpha value is -0.570. The predicted molar refractivity (Wildman–Crippen MR) is 63.7 cm³/mol. The molecule has 0 aromatic heterocycles. The van der Waals surface area contributed by atoms with Crippen molar-refractivity contribution < 1.29 is 0 Å². The van der Waals surface area contributed by atoms with Crippen LogP contribution in [0.3, 0.4) is 0 Å². The monoisotopic (exact) mass is 214 g/mol. The molecule has 3 heteroatoms. The van der Waals surface area contributed by atoms with Crippen LogP contribution in [0.15, 0.2) is 30.3 Å². The Labute approximate surface area is 92.3 Å². The number of nitrogens with two attached hydrogens (primary N) is 1. The predicted octanol–water partition coefficient (Wildman–Crippen LogP) is 1.94. The molecule has 0 spiro atoms. The van der Waals surface area contributed by atoms with Crippen molar-refractivity contribution in [3.63, 3.8) is 0 Å². The fourth-order valence-electron chi connectivity index (χ4n) is 1.01. The Bertz CT molecular complexity index is 247. The molecule has 80 valence electrons. The summed E-state index contributed by atoms with van der Waals surface area (Å²) < 4.78 is 0. The third-order valence-corrected chi connectivity index (χ3v) is 2.12. The van der Waals surface area contributed by atoms with Gasteiger partial charge in [0.25, 0.3) is 0 Å². The van der Waals surface area contributed by atoms with E-state index in [4.69, 9.17) is 5.73 Å². The lowest BCUT2D eigenvalue weighted by atomic mass is 10.1. The van der Waals surface area contributed by atoms with Gasteiger partial charge in [0.1, 0.15) is 0 Å². The van der Waals surface area contributed by atoms with E-state index in [9.17, 15) is 0 Å². The zero-order valence-electron chi connectivity index (χ0n) is 8.79. The summed E-state index contributed by atoms with van der Waals surface area (Å²) in [5.74, 6) is 0. The standard InChI is InChI=1S/C11H18N2.ClH/c1-11(2,9-12)13-8-10-6-4-3-5-7-10;/h3-7,13H,8-9,12H2,1-2H3;1H. The van der Waals surface area contributed by atoms with E-state index in [1.165, 1.54) is 5.56 Å². The molecule has 0 saturated heterocycles. The van der Waals surface area contributed by atoms with Crippen molar-refractivity contribution in [3.05, 3.63) is 35.9 Å². The van der Waals surface area contributed by atoms with Gasteiger partial charge in [0.2, 0.25) is 0 Å². The van der Waals surface area contributed by atoms with Gasteiger partial charge in [-0.3, -0.25) is 0 Å². The molecule has 0 aliphatic heterocycles. The van der Waals surface area contributed by atoms with Crippen LogP contribution in [0.2, 0.25) is 0 Å². The Kier molecular flexibility index (Phi) is 5.77. The van der Waals surface area contributed by atoms with Crippen LogP contribution in [-0.4, -0.2) is 12.1 Å². The molecular formula is C11H19ClN2. The van der Waals surface area contributed by atoms with Crippen molar-refractivity contribution in [2.45, 2.75) is 25.9 Å². The quantitative estimate of drug-likeness (QED) is 0.804. The van der Waals surface area contributed by atoms with Crippen LogP contribution in [0.1, 0.15) is 19.4 Å². The first-order valence-electron chi connectivity index (χ1n) is 4.63. The van der Waals surface area contributed by atoms with Crippen molar-refractivity contribution in [1.82, 2.24) is 5.32 Å². The highest BCUT2D eigenvalue weighted by Crippen LogP contribution is 2.03. The van der Waals surface area contributed by atoms with Crippen molar-refractivity contribution in [2.24, 2.45) is 5.73 Å². The van der Waals surface area contributed by atoms with Gasteiger partial charge in [0.05, 0.1) is 0 Å². The molecule has 1 aromatic rings. The second-order valence-corrected chi connectivity index (χ2v) is 3.93. The molecular weight excluding hydrogens is 196 g/mol. The lowest BCUT2D eigenvalue weighted by Crippen LogP contribution is -2.45. The molecule has 14 heavy (non-hydrogen) atoms. The zero-order chi connectivity index (χ0) is 9.73. The summed E-state index contributed by atoms with van der Waals surface area (Å²) in [6.07, 6.45) is 0. The smallest absolute Gasteiger partial charge is 0.0250 e. The molecule has 0 atom stereocenters. The minimum Gasteiger partial charge on any atom is -0.329 e. The first-order chi connectivity index (χ1) is 6.14. The molecule has 0 aliphatic rings. The van der Waals surface area contributed by atoms with Gasteiger partial charge in [-0.2, -0.15) is 0 Å². The summed E-state index contributed by atoms with van der Waals surface area (Å²) in [4.78, 5) is 0. The lowest BCUT2D eigenvalue weighted by molar-refractivity contribution is 0.397. The maximum absolute atomic E-state index is 5.61. The van der Waals surface area contributed by atoms with E-state index >= 15 is 0 Å². The number of hydrogen-bond acceptors (Lipinski definition) is 2. The third kappa shape index (κ3) is 4.61. The van der Waals surface area contributed by atoms with Crippen LogP contribution in [0.5, 0.6) is 0 Å². The van der Waals surface area contributed by atoms with Gasteiger partial charge < -0.3 is 11.1 Å². The van der Waals surface area contributed by atoms with E-state index in [2.05, 4.69) is 31.3 Å². The third-order valence-electron chi connectivity index (χ3n) is 2.12. The average Bonchev–Trinajstić information content (AvgIpc) is 2.17. The Balaban J connectivity index is 0.00000169. The van der Waals surface area contributed by atoms with Crippen molar-refractivity contribution in [1.29, 1.82) is 0 Å². The molecule has 1 aromatic carbocycles. The second-order valence-electron chi connectivity index (χ2n) is 3.93. The molecule has 1 rings (SSSR count). The van der Waals surface area contributed by atoms with Crippen LogP contribution in [0.25, 0.3) is 0 Å². The normalized spacial score (nSPS) is 10.8. The van der Waals surface area contributed by atoms with E-state index in [1.807, 2.05) is 18.2 Å². The molecule has 3 N–H and O–H groups in total. The fourth-order valence-corrected chi connectivity index (χ4v) is 1.01. The Morgan fingerprint density at radius 2 is 1.79 bits per heavy atom. The molecule has 0 unspecified atom stereocenters. The van der Waals surface area contributed by atoms with Gasteiger partial charge in [-0.1, -0.05) is 30.3 Å². The molecule has 0 aliphatic carbocycles. The van der Waals surface area contributed by atoms with E-state index in [-0.39, 0.29) is 17.9 Å². The fraction of sp³-hybridized carbons (Fsp3) is 0.455. The summed E-state index contributed by atoms with van der Waals surface area (Å²) >= 11 is 0. The number of halogens is 1. The summed E-state index contributed by atoms with van der Waals surface area (Å²) in [5.41, 5.74) is 6.93. The molecule has 0 fully saturated rings. The summed E-state index contributed by atoms with van der Waals surface area (Å²) in [7, 11) is 0. The maximum atomic E-state index is 5.61. The van der Waals surface area contributed by atoms with Gasteiger partial charge in [0.15, 0.2) is 0 Å². The van der Waals surface area contributed by atoms with E-state index in [0.717, 1.165) is 6.54 Å². The molecule has 0 amide bonds. The number of rotatable bonds is 4. The van der Waals surface area contributed by atoms with E-state index < -0.39 is 0 Å². The minimum atomic E-state index is 0. The Morgan fingerprint density at radius 3 is 2.29 bits per heavy atom. The van der Waals surface area contributed by atoms with Gasteiger partial charge >= 0.3 is 0 Å². The van der Waals surface area contributed by atoms with Gasteiger partial charge in [-0.25, -0.2) is 0 Å². The zero-order valence-corrected chi connectivity index (χ0v) is 9.60. The van der Waals surface area contributed by atoms with Crippen LogP contribution in [-0.2, 0) is 6.54 Å². The largest absolute Gasteiger partial charge is 0.329 e. The molecule has 0 heterocycles. The van der Waals surface area contributed by atoms with Crippen LogP contribution >= 0.6 is 12.4 Å². The van der Waals surface area contributed by atoms with Gasteiger partial charge in [-0.05, 0) is 19.4 Å². The minimum absolute atomic E-state index is 0. The van der Waals surface area contributed by atoms with Crippen molar-refractivity contribution in [3.8, 4) is 0 Å². The highest BCUT2D eigenvalue weighted by Gasteiger charge is 2.13. The van der Waals surface area contributed by atoms with Crippen molar-refractivity contribution >= 4 is 12.4 Å². The summed E-state index contributed by atoms with van der Waals surface area (Å²) in [6, 6.07) is 10.3. The maximum Gasteiger partial charge on any atom is 0.0250 e. The van der Waals surface area contributed by atoms with Crippen LogP contribution in [0.4, 0.5) is 0 Å². The number of nitrogens with one attached hydrogen (secondary N) is 1. The molecule has 0 saturated carbocycles. The van der Waals surface area contributed by atoms with Crippen molar-refractivity contribution in [2.75, 3.05) is 6.54 Å². The average molecular weight is 215 g/mol. The lowest BCUT2D eigenvalue weighted by Gasteiger charge is -2.24. The Morgan fingerprint density at radius 1 is 1.21 bits per heavy atom. The van der Waals surface area contributed by atoms with Gasteiger partial charge in [-0.15, -0.1) is 12.4 Å². The second kappa shape index (κ2) is 6.02. The SMILES string of the molecule is CC(C)(CN)NCc1ccccc1.Cl. The summed E-state index contributed by atoms with van der Waals surface area (Å²) in [6.45, 7) is 5.75. The number of benzene rings is 1. The van der Waals surface area contributed by atoms with Gasteiger partial charge in [0, 0.05) is 18.6 Å². The first kappa shape index (κ1) is 13.4. The van der Waals surface area contributed by atoms with E-state index in [1.54, 1.807) is 0 Å². The summed E-state index contributed by atoms with van der Waals surface area (Å²) in [5, 5.41) is 3.40. The molecule has 0 radical (unpaired) electrons. The molecule has 2 nitrogen and oxygen atoms in total. The first-order valence-corrected chi connectivity index (χ1v) is 4.63. The molecule has 0 bridgehead atoms. The number of hydrogen-bond donors (Lipinski definition) is 2. The highest BCUT2D eigenvalue weighted by atomic mass is 35.5. The van der Waals surface area contributed by atoms with Crippen LogP contribution in [0, 0.1) is 0 Å². The van der Waals surface area contributed by atoms with Crippen LogP contribution < -0.4 is 11.1 Å². The topological polar surface area (TPSA) is 38.0 Å².